The molecule has 5 N–H and O–H groups in total. The number of nitrogens with one attached hydrogen (secondary N) is 1. The van der Waals surface area contributed by atoms with Crippen LogP contribution in [0.4, 0.5) is 5.82 Å². The molecule has 0 bridgehead atoms. The Morgan fingerprint density at radius 1 is 1.22 bits per heavy atom. The molecule has 2 aromatic rings. The Bertz CT molecular complexity index is 553. The Kier molecular flexibility index (Phi) is 3.55. The van der Waals surface area contributed by atoms with Gasteiger partial charge < -0.3 is 5.73 Å². The van der Waals surface area contributed by atoms with Crippen molar-refractivity contribution in [1.29, 1.82) is 0 Å². The molecular formula is C13H17N5. The highest BCUT2D eigenvalue weighted by atomic mass is 15.2. The second-order valence-corrected chi connectivity index (χ2v) is 4.32. The van der Waals surface area contributed by atoms with Crippen molar-refractivity contribution < 1.29 is 0 Å². The Morgan fingerprint density at radius 2 is 2.00 bits per heavy atom. The van der Waals surface area contributed by atoms with Gasteiger partial charge in [0, 0.05) is 24.2 Å². The first-order valence-corrected chi connectivity index (χ1v) is 5.72. The molecule has 5 nitrogen and oxygen atoms in total. The maximum absolute atomic E-state index is 5.93. The monoisotopic (exact) mass is 243 g/mol. The lowest BCUT2D eigenvalue weighted by atomic mass is 9.97. The van der Waals surface area contributed by atoms with Crippen LogP contribution >= 0.6 is 0 Å². The fourth-order valence-corrected chi connectivity index (χ4v) is 1.96. The third kappa shape index (κ3) is 2.32. The highest BCUT2D eigenvalue weighted by Crippen LogP contribution is 2.27. The summed E-state index contributed by atoms with van der Waals surface area (Å²) in [7, 11) is 0. The van der Waals surface area contributed by atoms with E-state index in [1.165, 1.54) is 0 Å². The fraction of sp³-hybridized carbons (Fsp3) is 0.231. The quantitative estimate of drug-likeness (QED) is 0.557. The minimum absolute atomic E-state index is 0.203. The number of rotatable bonds is 3. The first-order valence-electron chi connectivity index (χ1n) is 5.72. The molecule has 18 heavy (non-hydrogen) atoms. The maximum atomic E-state index is 5.93. The molecule has 1 atom stereocenters. The Balaban J connectivity index is 2.52. The summed E-state index contributed by atoms with van der Waals surface area (Å²) >= 11 is 0. The molecule has 0 spiro atoms. The molecule has 0 aliphatic heterocycles. The van der Waals surface area contributed by atoms with Crippen LogP contribution in [0.1, 0.15) is 28.3 Å². The van der Waals surface area contributed by atoms with Gasteiger partial charge in [0.2, 0.25) is 0 Å². The van der Waals surface area contributed by atoms with E-state index in [1.807, 2.05) is 26.0 Å². The number of anilines is 1. The summed E-state index contributed by atoms with van der Waals surface area (Å²) in [6, 6.07) is 3.73. The standard InChI is InChI=1S/C13H17N5/c1-8-5-10(13(14)17-6-8)12(18-15)11-7-16-4-3-9(11)2/h3-7,12,18H,15H2,1-2H3,(H2,14,17). The topological polar surface area (TPSA) is 89.8 Å². The van der Waals surface area contributed by atoms with E-state index in [4.69, 9.17) is 11.6 Å². The lowest BCUT2D eigenvalue weighted by molar-refractivity contribution is 0.630. The second kappa shape index (κ2) is 5.12. The summed E-state index contributed by atoms with van der Waals surface area (Å²) in [5.74, 6) is 6.14. The Morgan fingerprint density at radius 3 is 2.67 bits per heavy atom. The zero-order valence-corrected chi connectivity index (χ0v) is 10.5. The molecular weight excluding hydrogens is 226 g/mol. The molecule has 0 saturated heterocycles. The van der Waals surface area contributed by atoms with Crippen molar-refractivity contribution in [3.63, 3.8) is 0 Å². The van der Waals surface area contributed by atoms with Crippen LogP contribution < -0.4 is 17.0 Å². The van der Waals surface area contributed by atoms with Gasteiger partial charge in [0.25, 0.3) is 0 Å². The van der Waals surface area contributed by atoms with Crippen LogP contribution in [0, 0.1) is 13.8 Å². The summed E-state index contributed by atoms with van der Waals surface area (Å²) in [4.78, 5) is 8.30. The summed E-state index contributed by atoms with van der Waals surface area (Å²) in [6.07, 6.45) is 5.29. The fourth-order valence-electron chi connectivity index (χ4n) is 1.96. The summed E-state index contributed by atoms with van der Waals surface area (Å²) in [6.45, 7) is 3.99. The van der Waals surface area contributed by atoms with E-state index in [2.05, 4.69) is 15.4 Å². The van der Waals surface area contributed by atoms with Crippen LogP contribution in [0.25, 0.3) is 0 Å². The lowest BCUT2D eigenvalue weighted by Crippen LogP contribution is -2.30. The number of nitrogen functional groups attached to an aromatic ring is 1. The van der Waals surface area contributed by atoms with Crippen LogP contribution in [-0.2, 0) is 0 Å². The first-order chi connectivity index (χ1) is 8.63. The van der Waals surface area contributed by atoms with E-state index >= 15 is 0 Å². The number of nitrogens with two attached hydrogens (primary N) is 2. The van der Waals surface area contributed by atoms with Gasteiger partial charge in [0.15, 0.2) is 0 Å². The maximum Gasteiger partial charge on any atom is 0.128 e. The average molecular weight is 243 g/mol. The number of hydrogen-bond donors (Lipinski definition) is 3. The number of hydrazine groups is 1. The Labute approximate surface area is 106 Å². The molecule has 0 radical (unpaired) electrons. The predicted molar refractivity (Wildman–Crippen MR) is 71.5 cm³/mol. The molecule has 2 rings (SSSR count). The van der Waals surface area contributed by atoms with Crippen molar-refractivity contribution in [1.82, 2.24) is 15.4 Å². The Hall–Kier alpha value is -1.98. The lowest BCUT2D eigenvalue weighted by Gasteiger charge is -2.20. The van der Waals surface area contributed by atoms with E-state index in [9.17, 15) is 0 Å². The number of pyridine rings is 2. The van der Waals surface area contributed by atoms with E-state index in [1.54, 1.807) is 18.6 Å². The van der Waals surface area contributed by atoms with Gasteiger partial charge in [-0.2, -0.15) is 0 Å². The molecule has 5 heteroatoms. The molecule has 2 heterocycles. The van der Waals surface area contributed by atoms with Crippen LogP contribution in [0.3, 0.4) is 0 Å². The number of hydrogen-bond acceptors (Lipinski definition) is 5. The molecule has 1 unspecified atom stereocenters. The van der Waals surface area contributed by atoms with Crippen molar-refractivity contribution in [3.8, 4) is 0 Å². The minimum Gasteiger partial charge on any atom is -0.383 e. The van der Waals surface area contributed by atoms with Gasteiger partial charge in [-0.15, -0.1) is 0 Å². The van der Waals surface area contributed by atoms with Crippen LogP contribution in [-0.4, -0.2) is 9.97 Å². The van der Waals surface area contributed by atoms with E-state index in [-0.39, 0.29) is 6.04 Å². The molecule has 0 aliphatic carbocycles. The van der Waals surface area contributed by atoms with Gasteiger partial charge in [-0.1, -0.05) is 0 Å². The smallest absolute Gasteiger partial charge is 0.128 e. The van der Waals surface area contributed by atoms with E-state index in [0.717, 1.165) is 22.3 Å². The van der Waals surface area contributed by atoms with Crippen LogP contribution in [0.15, 0.2) is 30.7 Å². The molecule has 0 amide bonds. The van der Waals surface area contributed by atoms with Crippen LogP contribution in [0.5, 0.6) is 0 Å². The molecule has 0 aliphatic rings. The highest BCUT2D eigenvalue weighted by Gasteiger charge is 2.18. The predicted octanol–water partition coefficient (Wildman–Crippen LogP) is 1.23. The van der Waals surface area contributed by atoms with Crippen molar-refractivity contribution in [2.45, 2.75) is 19.9 Å². The summed E-state index contributed by atoms with van der Waals surface area (Å²) in [5, 5.41) is 0. The van der Waals surface area contributed by atoms with E-state index < -0.39 is 0 Å². The van der Waals surface area contributed by atoms with Gasteiger partial charge in [0.1, 0.15) is 5.82 Å². The third-order valence-corrected chi connectivity index (χ3v) is 2.95. The molecule has 0 aromatic carbocycles. The van der Waals surface area contributed by atoms with Crippen molar-refractivity contribution in [2.75, 3.05) is 5.73 Å². The van der Waals surface area contributed by atoms with Gasteiger partial charge in [-0.25, -0.2) is 10.4 Å². The molecule has 0 fully saturated rings. The number of nitrogens with zero attached hydrogens (tertiary/aromatic N) is 2. The van der Waals surface area contributed by atoms with Crippen molar-refractivity contribution in [2.24, 2.45) is 5.84 Å². The number of aryl methyl sites for hydroxylation is 2. The van der Waals surface area contributed by atoms with Crippen molar-refractivity contribution >= 4 is 5.82 Å². The molecule has 0 saturated carbocycles. The highest BCUT2D eigenvalue weighted by molar-refractivity contribution is 5.47. The largest absolute Gasteiger partial charge is 0.383 e. The van der Waals surface area contributed by atoms with Crippen LogP contribution in [0.2, 0.25) is 0 Å². The second-order valence-electron chi connectivity index (χ2n) is 4.32. The van der Waals surface area contributed by atoms with Gasteiger partial charge in [-0.3, -0.25) is 10.8 Å². The average Bonchev–Trinajstić information content (AvgIpc) is 2.36. The molecule has 94 valence electrons. The third-order valence-electron chi connectivity index (χ3n) is 2.95. The number of aromatic nitrogens is 2. The normalized spacial score (nSPS) is 12.4. The summed E-state index contributed by atoms with van der Waals surface area (Å²) < 4.78 is 0. The summed E-state index contributed by atoms with van der Waals surface area (Å²) in [5.41, 5.74) is 12.7. The zero-order valence-electron chi connectivity index (χ0n) is 10.5. The first kappa shape index (κ1) is 12.5. The van der Waals surface area contributed by atoms with Gasteiger partial charge >= 0.3 is 0 Å². The van der Waals surface area contributed by atoms with Gasteiger partial charge in [0.05, 0.1) is 6.04 Å². The SMILES string of the molecule is Cc1cnc(N)c(C(NN)c2cnccc2C)c1. The van der Waals surface area contributed by atoms with Crippen molar-refractivity contribution in [3.05, 3.63) is 53.0 Å². The minimum atomic E-state index is -0.203. The molecule has 2 aromatic heterocycles. The zero-order chi connectivity index (χ0) is 13.1. The van der Waals surface area contributed by atoms with E-state index in [0.29, 0.717) is 5.82 Å². The van der Waals surface area contributed by atoms with Gasteiger partial charge in [-0.05, 0) is 42.7 Å².